The van der Waals surface area contributed by atoms with Gasteiger partial charge < -0.3 is 5.32 Å². The van der Waals surface area contributed by atoms with Crippen molar-refractivity contribution in [2.75, 3.05) is 17.6 Å². The average Bonchev–Trinajstić information content (AvgIpc) is 3.28. The third-order valence-electron chi connectivity index (χ3n) is 5.52. The Kier molecular flexibility index (Phi) is 6.58. The van der Waals surface area contributed by atoms with Crippen molar-refractivity contribution in [2.45, 2.75) is 38.6 Å². The molecule has 162 valence electrons. The summed E-state index contributed by atoms with van der Waals surface area (Å²) < 4.78 is 27.8. The van der Waals surface area contributed by atoms with Crippen LogP contribution in [0.25, 0.3) is 0 Å². The summed E-state index contributed by atoms with van der Waals surface area (Å²) in [6.45, 7) is 2.49. The first kappa shape index (κ1) is 21.4. The van der Waals surface area contributed by atoms with E-state index in [0.29, 0.717) is 30.3 Å². The number of benzene rings is 1. The van der Waals surface area contributed by atoms with Gasteiger partial charge in [0.15, 0.2) is 0 Å². The molecule has 0 radical (unpaired) electrons. The fourth-order valence-corrected chi connectivity index (χ4v) is 5.68. The molecule has 1 N–H and O–H groups in total. The Balaban J connectivity index is 1.45. The highest BCUT2D eigenvalue weighted by molar-refractivity contribution is 7.89. The Morgan fingerprint density at radius 1 is 1.13 bits per heavy atom. The number of hydrogen-bond acceptors (Lipinski definition) is 6. The topological polar surface area (TPSA) is 88.1 Å². The van der Waals surface area contributed by atoms with Crippen molar-refractivity contribution in [3.8, 4) is 0 Å². The van der Waals surface area contributed by atoms with Gasteiger partial charge in [0.2, 0.25) is 10.0 Å². The van der Waals surface area contributed by atoms with Crippen LogP contribution in [0.3, 0.4) is 0 Å². The fraction of sp³-hybridized carbons (Fsp3) is 0.348. The molecule has 0 bridgehead atoms. The molecule has 2 aromatic heterocycles. The number of nitrogens with zero attached hydrogens (tertiary/aromatic N) is 4. The molecule has 1 aliphatic heterocycles. The Morgan fingerprint density at radius 3 is 2.77 bits per heavy atom. The summed E-state index contributed by atoms with van der Waals surface area (Å²) in [6, 6.07) is 13.5. The fourth-order valence-electron chi connectivity index (χ4n) is 3.93. The van der Waals surface area contributed by atoms with Gasteiger partial charge in [-0.1, -0.05) is 36.4 Å². The lowest BCUT2D eigenvalue weighted by atomic mass is 10.1. The van der Waals surface area contributed by atoms with Gasteiger partial charge in [0.1, 0.15) is 11.6 Å². The highest BCUT2D eigenvalue weighted by atomic mass is 32.2. The molecule has 3 heterocycles. The van der Waals surface area contributed by atoms with E-state index in [4.69, 9.17) is 0 Å². The van der Waals surface area contributed by atoms with E-state index in [1.807, 2.05) is 49.4 Å². The molecular weight excluding hydrogens is 410 g/mol. The van der Waals surface area contributed by atoms with E-state index >= 15 is 0 Å². The SMILES string of the molecule is Cc1cccnc1Nc1cncc([C@H]2CCCN2S(=O)(=O)CCCc2ccccc2)n1. The number of pyridine rings is 1. The number of aromatic nitrogens is 3. The van der Waals surface area contributed by atoms with Gasteiger partial charge in [-0.3, -0.25) is 4.98 Å². The second-order valence-electron chi connectivity index (χ2n) is 7.80. The number of nitrogens with one attached hydrogen (secondary N) is 1. The third-order valence-corrected chi connectivity index (χ3v) is 7.48. The van der Waals surface area contributed by atoms with Gasteiger partial charge in [-0.25, -0.2) is 18.4 Å². The summed E-state index contributed by atoms with van der Waals surface area (Å²) >= 11 is 0. The largest absolute Gasteiger partial charge is 0.323 e. The first-order chi connectivity index (χ1) is 15.0. The lowest BCUT2D eigenvalue weighted by molar-refractivity contribution is 0.389. The summed E-state index contributed by atoms with van der Waals surface area (Å²) in [5.41, 5.74) is 2.83. The highest BCUT2D eigenvalue weighted by Crippen LogP contribution is 2.34. The lowest BCUT2D eigenvalue weighted by Gasteiger charge is -2.24. The number of hydrogen-bond donors (Lipinski definition) is 1. The second kappa shape index (κ2) is 9.53. The van der Waals surface area contributed by atoms with Crippen LogP contribution < -0.4 is 5.32 Å². The predicted octanol–water partition coefficient (Wildman–Crippen LogP) is 4.02. The first-order valence-electron chi connectivity index (χ1n) is 10.6. The van der Waals surface area contributed by atoms with Gasteiger partial charge in [-0.05, 0) is 49.8 Å². The zero-order valence-electron chi connectivity index (χ0n) is 17.6. The third kappa shape index (κ3) is 5.26. The predicted molar refractivity (Wildman–Crippen MR) is 122 cm³/mol. The van der Waals surface area contributed by atoms with Crippen LogP contribution in [-0.2, 0) is 16.4 Å². The van der Waals surface area contributed by atoms with Gasteiger partial charge in [-0.15, -0.1) is 0 Å². The summed E-state index contributed by atoms with van der Waals surface area (Å²) in [6.07, 6.45) is 7.93. The Hall–Kier alpha value is -2.84. The van der Waals surface area contributed by atoms with Gasteiger partial charge in [0, 0.05) is 12.7 Å². The van der Waals surface area contributed by atoms with Gasteiger partial charge in [0.05, 0.1) is 29.9 Å². The molecule has 1 aromatic carbocycles. The van der Waals surface area contributed by atoms with E-state index in [-0.39, 0.29) is 11.8 Å². The number of rotatable bonds is 8. The van der Waals surface area contributed by atoms with Crippen molar-refractivity contribution in [3.05, 3.63) is 77.9 Å². The van der Waals surface area contributed by atoms with E-state index in [9.17, 15) is 8.42 Å². The smallest absolute Gasteiger partial charge is 0.214 e. The Bertz CT molecular complexity index is 1120. The number of anilines is 2. The first-order valence-corrected chi connectivity index (χ1v) is 12.2. The molecule has 3 aromatic rings. The molecule has 31 heavy (non-hydrogen) atoms. The minimum Gasteiger partial charge on any atom is -0.323 e. The van der Waals surface area contributed by atoms with Crippen LogP contribution in [0.5, 0.6) is 0 Å². The molecule has 1 atom stereocenters. The van der Waals surface area contributed by atoms with Crippen LogP contribution in [0.15, 0.2) is 61.1 Å². The molecule has 4 rings (SSSR count). The molecule has 7 nitrogen and oxygen atoms in total. The van der Waals surface area contributed by atoms with Gasteiger partial charge in [-0.2, -0.15) is 4.31 Å². The van der Waals surface area contributed by atoms with E-state index in [2.05, 4.69) is 20.3 Å². The molecule has 0 aliphatic carbocycles. The van der Waals surface area contributed by atoms with Crippen LogP contribution >= 0.6 is 0 Å². The summed E-state index contributed by atoms with van der Waals surface area (Å²) in [4.78, 5) is 13.3. The summed E-state index contributed by atoms with van der Waals surface area (Å²) in [7, 11) is -3.37. The monoisotopic (exact) mass is 437 g/mol. The molecule has 0 spiro atoms. The van der Waals surface area contributed by atoms with Gasteiger partial charge >= 0.3 is 0 Å². The number of sulfonamides is 1. The zero-order chi connectivity index (χ0) is 21.7. The van der Waals surface area contributed by atoms with Crippen molar-refractivity contribution >= 4 is 21.7 Å². The van der Waals surface area contributed by atoms with Crippen LogP contribution in [0.2, 0.25) is 0 Å². The molecule has 0 saturated carbocycles. The van der Waals surface area contributed by atoms with Gasteiger partial charge in [0.25, 0.3) is 0 Å². The van der Waals surface area contributed by atoms with Crippen molar-refractivity contribution in [1.29, 1.82) is 0 Å². The maximum absolute atomic E-state index is 13.1. The Morgan fingerprint density at radius 2 is 1.97 bits per heavy atom. The van der Waals surface area contributed by atoms with E-state index < -0.39 is 10.0 Å². The summed E-state index contributed by atoms with van der Waals surface area (Å²) in [5.74, 6) is 1.41. The maximum Gasteiger partial charge on any atom is 0.214 e. The Labute approximate surface area is 183 Å². The van der Waals surface area contributed by atoms with Crippen LogP contribution in [-0.4, -0.2) is 40.0 Å². The van der Waals surface area contributed by atoms with E-state index in [1.54, 1.807) is 22.9 Å². The zero-order valence-corrected chi connectivity index (χ0v) is 18.4. The molecule has 1 aliphatic rings. The van der Waals surface area contributed by atoms with Crippen LogP contribution in [0.1, 0.15) is 42.1 Å². The standard InChI is InChI=1S/C23H27N5O2S/c1-18-8-5-13-25-23(18)27-22-17-24-16-20(26-22)21-12-6-14-28(21)31(29,30)15-7-11-19-9-3-2-4-10-19/h2-5,8-10,13,16-17,21H,6-7,11-12,14-15H2,1H3,(H,25,26,27)/t21-/m1/s1. The summed E-state index contributed by atoms with van der Waals surface area (Å²) in [5, 5.41) is 3.19. The second-order valence-corrected chi connectivity index (χ2v) is 9.84. The quantitative estimate of drug-likeness (QED) is 0.573. The number of aryl methyl sites for hydroxylation is 2. The van der Waals surface area contributed by atoms with Crippen molar-refractivity contribution in [2.24, 2.45) is 0 Å². The van der Waals surface area contributed by atoms with E-state index in [1.165, 1.54) is 0 Å². The van der Waals surface area contributed by atoms with Crippen molar-refractivity contribution in [3.63, 3.8) is 0 Å². The van der Waals surface area contributed by atoms with Crippen molar-refractivity contribution < 1.29 is 8.42 Å². The highest BCUT2D eigenvalue weighted by Gasteiger charge is 2.35. The molecular formula is C23H27N5O2S. The molecule has 0 unspecified atom stereocenters. The molecule has 8 heteroatoms. The molecule has 0 amide bonds. The molecule has 1 fully saturated rings. The van der Waals surface area contributed by atoms with Crippen LogP contribution in [0, 0.1) is 6.92 Å². The minimum absolute atomic E-state index is 0.136. The maximum atomic E-state index is 13.1. The van der Waals surface area contributed by atoms with Crippen molar-refractivity contribution in [1.82, 2.24) is 19.3 Å². The average molecular weight is 438 g/mol. The lowest BCUT2D eigenvalue weighted by Crippen LogP contribution is -2.33. The molecule has 1 saturated heterocycles. The normalized spacial score (nSPS) is 17.0. The minimum atomic E-state index is -3.37. The van der Waals surface area contributed by atoms with Crippen LogP contribution in [0.4, 0.5) is 11.6 Å². The van der Waals surface area contributed by atoms with E-state index in [0.717, 1.165) is 30.4 Å².